The molecule has 6 nitrogen and oxygen atoms in total. The van der Waals surface area contributed by atoms with Gasteiger partial charge in [0.1, 0.15) is 10.6 Å². The van der Waals surface area contributed by atoms with Gasteiger partial charge in [-0.05, 0) is 55.4 Å². The summed E-state index contributed by atoms with van der Waals surface area (Å²) in [7, 11) is -1.87. The van der Waals surface area contributed by atoms with Crippen molar-refractivity contribution in [1.29, 1.82) is 0 Å². The van der Waals surface area contributed by atoms with Gasteiger partial charge in [-0.3, -0.25) is 4.68 Å². The quantitative estimate of drug-likeness (QED) is 0.829. The molecule has 24 heavy (non-hydrogen) atoms. The second kappa shape index (κ2) is 6.94. The molecular formula is C17H23N3O3S. The van der Waals surface area contributed by atoms with E-state index in [1.165, 1.54) is 29.9 Å². The summed E-state index contributed by atoms with van der Waals surface area (Å²) < 4.78 is 34.3. The molecule has 1 aromatic carbocycles. The first-order chi connectivity index (χ1) is 11.5. The van der Waals surface area contributed by atoms with Gasteiger partial charge in [-0.15, -0.1) is 0 Å². The van der Waals surface area contributed by atoms with E-state index in [0.717, 1.165) is 24.2 Å². The van der Waals surface area contributed by atoms with E-state index < -0.39 is 10.0 Å². The fraction of sp³-hybridized carbons (Fsp3) is 0.471. The summed E-state index contributed by atoms with van der Waals surface area (Å²) in [5.41, 5.74) is 3.76. The van der Waals surface area contributed by atoms with Crippen LogP contribution in [0.2, 0.25) is 0 Å². The van der Waals surface area contributed by atoms with Gasteiger partial charge >= 0.3 is 0 Å². The van der Waals surface area contributed by atoms with Gasteiger partial charge in [0.2, 0.25) is 10.0 Å². The molecule has 0 atom stereocenters. The zero-order valence-electron chi connectivity index (χ0n) is 14.1. The molecule has 0 radical (unpaired) electrons. The van der Waals surface area contributed by atoms with Gasteiger partial charge in [0, 0.05) is 19.3 Å². The van der Waals surface area contributed by atoms with E-state index in [9.17, 15) is 8.42 Å². The van der Waals surface area contributed by atoms with Crippen molar-refractivity contribution in [2.45, 2.75) is 44.0 Å². The first-order valence-electron chi connectivity index (χ1n) is 8.24. The third-order valence-electron chi connectivity index (χ3n) is 4.43. The molecule has 0 saturated carbocycles. The fourth-order valence-corrected chi connectivity index (χ4v) is 4.08. The molecule has 0 amide bonds. The van der Waals surface area contributed by atoms with Crippen LogP contribution < -0.4 is 9.46 Å². The first-order valence-corrected chi connectivity index (χ1v) is 9.72. The summed E-state index contributed by atoms with van der Waals surface area (Å²) in [6.45, 7) is 2.88. The van der Waals surface area contributed by atoms with Crippen LogP contribution in [0.5, 0.6) is 5.75 Å². The smallest absolute Gasteiger partial charge is 0.243 e. The summed E-state index contributed by atoms with van der Waals surface area (Å²) in [4.78, 5) is 0.199. The lowest BCUT2D eigenvalue weighted by Crippen LogP contribution is -2.25. The first kappa shape index (κ1) is 17.0. The minimum absolute atomic E-state index is 0.199. The highest BCUT2D eigenvalue weighted by Gasteiger charge is 2.18. The number of methoxy groups -OCH3 is 1. The van der Waals surface area contributed by atoms with Crippen molar-refractivity contribution in [2.24, 2.45) is 0 Å². The van der Waals surface area contributed by atoms with Crippen LogP contribution in [0.1, 0.15) is 30.0 Å². The lowest BCUT2D eigenvalue weighted by molar-refractivity contribution is 0.409. The van der Waals surface area contributed by atoms with Crippen molar-refractivity contribution >= 4 is 10.0 Å². The van der Waals surface area contributed by atoms with E-state index in [0.29, 0.717) is 19.5 Å². The number of hydrogen-bond acceptors (Lipinski definition) is 4. The predicted octanol–water partition coefficient (Wildman–Crippen LogP) is 1.92. The molecule has 1 aliphatic carbocycles. The fourth-order valence-electron chi connectivity index (χ4n) is 3.10. The summed E-state index contributed by atoms with van der Waals surface area (Å²) in [5.74, 6) is 0.841. The van der Waals surface area contributed by atoms with Crippen LogP contribution in [-0.4, -0.2) is 31.9 Å². The lowest BCUT2D eigenvalue weighted by atomic mass is 10.0. The highest BCUT2D eigenvalue weighted by atomic mass is 32.2. The van der Waals surface area contributed by atoms with Crippen molar-refractivity contribution in [2.75, 3.05) is 13.7 Å². The maximum absolute atomic E-state index is 12.3. The van der Waals surface area contributed by atoms with Crippen molar-refractivity contribution in [1.82, 2.24) is 14.5 Å². The Hall–Kier alpha value is -1.86. The summed E-state index contributed by atoms with van der Waals surface area (Å²) in [6, 6.07) is 4.25. The number of sulfonamides is 1. The number of nitrogens with zero attached hydrogens (tertiary/aromatic N) is 2. The zero-order chi connectivity index (χ0) is 17.2. The number of aromatic nitrogens is 2. The van der Waals surface area contributed by atoms with Crippen LogP contribution in [-0.2, 0) is 35.8 Å². The molecule has 0 fully saturated rings. The molecule has 3 rings (SSSR count). The van der Waals surface area contributed by atoms with Crippen molar-refractivity contribution < 1.29 is 13.2 Å². The minimum Gasteiger partial charge on any atom is -0.496 e. The molecule has 7 heteroatoms. The Labute approximate surface area is 142 Å². The van der Waals surface area contributed by atoms with Crippen LogP contribution in [0.3, 0.4) is 0 Å². The number of nitrogens with one attached hydrogen (secondary N) is 1. The Morgan fingerprint density at radius 3 is 2.71 bits per heavy atom. The second-order valence-corrected chi connectivity index (χ2v) is 7.73. The molecule has 1 aliphatic rings. The molecule has 1 heterocycles. The number of aryl methyl sites for hydroxylation is 3. The van der Waals surface area contributed by atoms with Crippen molar-refractivity contribution in [3.63, 3.8) is 0 Å². The van der Waals surface area contributed by atoms with Gasteiger partial charge < -0.3 is 4.74 Å². The van der Waals surface area contributed by atoms with E-state index >= 15 is 0 Å². The SMILES string of the molecule is CCn1cc(S(=O)(=O)NCCc2cc3c(cc2OC)CCC3)cn1. The average molecular weight is 349 g/mol. The molecule has 0 aliphatic heterocycles. The lowest BCUT2D eigenvalue weighted by Gasteiger charge is -2.12. The Bertz CT molecular complexity index is 828. The van der Waals surface area contributed by atoms with Crippen molar-refractivity contribution in [3.05, 3.63) is 41.2 Å². The van der Waals surface area contributed by atoms with Gasteiger partial charge in [-0.25, -0.2) is 13.1 Å². The minimum atomic E-state index is -3.52. The Kier molecular flexibility index (Phi) is 4.91. The van der Waals surface area contributed by atoms with Gasteiger partial charge in [0.15, 0.2) is 0 Å². The normalized spacial score (nSPS) is 13.9. The highest BCUT2D eigenvalue weighted by Crippen LogP contribution is 2.30. The molecular weight excluding hydrogens is 326 g/mol. The summed E-state index contributed by atoms with van der Waals surface area (Å²) in [5, 5.41) is 4.01. The van der Waals surface area contributed by atoms with Crippen LogP contribution in [0.25, 0.3) is 0 Å². The summed E-state index contributed by atoms with van der Waals surface area (Å²) >= 11 is 0. The number of rotatable bonds is 7. The standard InChI is InChI=1S/C17H23N3O3S/c1-3-20-12-16(11-18-20)24(21,22)19-8-7-15-9-13-5-4-6-14(13)10-17(15)23-2/h9-12,19H,3-8H2,1-2H3. The number of hydrogen-bond donors (Lipinski definition) is 1. The maximum Gasteiger partial charge on any atom is 0.243 e. The topological polar surface area (TPSA) is 73.2 Å². The molecule has 2 aromatic rings. The van der Waals surface area contributed by atoms with E-state index in [1.807, 2.05) is 6.92 Å². The number of fused-ring (bicyclic) bond motifs is 1. The highest BCUT2D eigenvalue weighted by molar-refractivity contribution is 7.89. The van der Waals surface area contributed by atoms with E-state index in [-0.39, 0.29) is 4.90 Å². The third kappa shape index (κ3) is 3.47. The molecule has 0 spiro atoms. The van der Waals surface area contributed by atoms with Crippen molar-refractivity contribution in [3.8, 4) is 5.75 Å². The number of ether oxygens (including phenoxy) is 1. The monoisotopic (exact) mass is 349 g/mol. The van der Waals surface area contributed by atoms with Gasteiger partial charge in [0.05, 0.1) is 13.3 Å². The van der Waals surface area contributed by atoms with Gasteiger partial charge in [-0.2, -0.15) is 5.10 Å². The Morgan fingerprint density at radius 1 is 1.29 bits per heavy atom. The third-order valence-corrected chi connectivity index (χ3v) is 5.84. The van der Waals surface area contributed by atoms with E-state index in [2.05, 4.69) is 22.0 Å². The molecule has 0 saturated heterocycles. The summed E-state index contributed by atoms with van der Waals surface area (Å²) in [6.07, 6.45) is 6.88. The van der Waals surface area contributed by atoms with Crippen LogP contribution in [0.15, 0.2) is 29.4 Å². The molecule has 1 aromatic heterocycles. The largest absolute Gasteiger partial charge is 0.496 e. The predicted molar refractivity (Wildman–Crippen MR) is 91.8 cm³/mol. The molecule has 0 bridgehead atoms. The van der Waals surface area contributed by atoms with Crippen LogP contribution in [0.4, 0.5) is 0 Å². The molecule has 1 N–H and O–H groups in total. The van der Waals surface area contributed by atoms with E-state index in [1.54, 1.807) is 11.8 Å². The Balaban J connectivity index is 1.68. The zero-order valence-corrected chi connectivity index (χ0v) is 14.9. The Morgan fingerprint density at radius 2 is 2.04 bits per heavy atom. The average Bonchev–Trinajstić information content (AvgIpc) is 3.22. The van der Waals surface area contributed by atoms with Gasteiger partial charge in [-0.1, -0.05) is 6.07 Å². The van der Waals surface area contributed by atoms with E-state index in [4.69, 9.17) is 4.74 Å². The van der Waals surface area contributed by atoms with Crippen LogP contribution in [0, 0.1) is 0 Å². The second-order valence-electron chi connectivity index (χ2n) is 5.97. The number of benzene rings is 1. The molecule has 130 valence electrons. The van der Waals surface area contributed by atoms with Crippen LogP contribution >= 0.6 is 0 Å². The maximum atomic E-state index is 12.3. The molecule has 0 unspecified atom stereocenters. The van der Waals surface area contributed by atoms with Gasteiger partial charge in [0.25, 0.3) is 0 Å².